The Kier molecular flexibility index (Phi) is 4.32. The molecular weight excluding hydrogens is 208 g/mol. The molecule has 0 bridgehead atoms. The van der Waals surface area contributed by atoms with Gasteiger partial charge in [-0.3, -0.25) is 4.79 Å². The number of rotatable bonds is 4. The Hall–Kier alpha value is -2.04. The van der Waals surface area contributed by atoms with Gasteiger partial charge in [0.05, 0.1) is 20.4 Å². The fourth-order valence-electron chi connectivity index (χ4n) is 1.21. The van der Waals surface area contributed by atoms with Crippen molar-refractivity contribution in [2.75, 3.05) is 14.2 Å². The van der Waals surface area contributed by atoms with E-state index in [-0.39, 0.29) is 5.91 Å². The third kappa shape index (κ3) is 2.98. The molecule has 0 heterocycles. The van der Waals surface area contributed by atoms with Crippen LogP contribution in [0.5, 0.6) is 11.5 Å². The Morgan fingerprint density at radius 2 is 2.12 bits per heavy atom. The van der Waals surface area contributed by atoms with Gasteiger partial charge in [0.15, 0.2) is 11.5 Å². The molecule has 1 aromatic rings. The molecule has 5 heteroatoms. The Morgan fingerprint density at radius 1 is 1.38 bits per heavy atom. The van der Waals surface area contributed by atoms with Crippen LogP contribution >= 0.6 is 0 Å². The number of hydrogen-bond acceptors (Lipinski definition) is 4. The van der Waals surface area contributed by atoms with Crippen LogP contribution in [0.25, 0.3) is 0 Å². The van der Waals surface area contributed by atoms with Gasteiger partial charge in [0.1, 0.15) is 0 Å². The zero-order valence-electron chi connectivity index (χ0n) is 9.48. The molecule has 0 aliphatic heterocycles. The molecular formula is C11H14N2O3. The summed E-state index contributed by atoms with van der Waals surface area (Å²) in [4.78, 5) is 10.6. The van der Waals surface area contributed by atoms with Crippen molar-refractivity contribution in [1.29, 1.82) is 0 Å². The topological polar surface area (TPSA) is 59.9 Å². The number of hydrazone groups is 1. The fourth-order valence-corrected chi connectivity index (χ4v) is 1.21. The highest BCUT2D eigenvalue weighted by Crippen LogP contribution is 2.29. The molecule has 1 aromatic carbocycles. The number of nitrogens with zero attached hydrogens (tertiary/aromatic N) is 1. The molecule has 1 N–H and O–H groups in total. The maximum Gasteiger partial charge on any atom is 0.236 e. The van der Waals surface area contributed by atoms with Crippen molar-refractivity contribution in [2.24, 2.45) is 5.10 Å². The predicted octanol–water partition coefficient (Wildman–Crippen LogP) is 1.17. The molecule has 0 aromatic heterocycles. The minimum atomic E-state index is -0.224. The van der Waals surface area contributed by atoms with Crippen LogP contribution in [-0.2, 0) is 4.79 Å². The minimum absolute atomic E-state index is 0.224. The highest BCUT2D eigenvalue weighted by molar-refractivity contribution is 5.86. The molecule has 0 saturated heterocycles. The first-order valence-corrected chi connectivity index (χ1v) is 4.69. The predicted molar refractivity (Wildman–Crippen MR) is 61.0 cm³/mol. The first-order valence-electron chi connectivity index (χ1n) is 4.69. The second-order valence-corrected chi connectivity index (χ2v) is 3.01. The minimum Gasteiger partial charge on any atom is -0.493 e. The summed E-state index contributed by atoms with van der Waals surface area (Å²) in [7, 11) is 3.11. The van der Waals surface area contributed by atoms with Crippen molar-refractivity contribution in [3.05, 3.63) is 23.8 Å². The Morgan fingerprint density at radius 3 is 2.69 bits per heavy atom. The number of ether oxygens (including phenoxy) is 2. The molecule has 0 aliphatic carbocycles. The summed E-state index contributed by atoms with van der Waals surface area (Å²) in [6.45, 7) is 1.39. The summed E-state index contributed by atoms with van der Waals surface area (Å²) in [6.07, 6.45) is 1.50. The molecule has 0 radical (unpaired) electrons. The van der Waals surface area contributed by atoms with E-state index in [1.807, 2.05) is 12.1 Å². The zero-order chi connectivity index (χ0) is 12.0. The zero-order valence-corrected chi connectivity index (χ0v) is 9.48. The van der Waals surface area contributed by atoms with Gasteiger partial charge in [0.25, 0.3) is 0 Å². The second-order valence-electron chi connectivity index (χ2n) is 3.01. The van der Waals surface area contributed by atoms with Gasteiger partial charge in [-0.2, -0.15) is 5.10 Å². The van der Waals surface area contributed by atoms with Gasteiger partial charge in [-0.15, -0.1) is 0 Å². The maximum atomic E-state index is 10.6. The molecule has 0 saturated carbocycles. The van der Waals surface area contributed by atoms with Crippen LogP contribution in [0.4, 0.5) is 0 Å². The van der Waals surface area contributed by atoms with Gasteiger partial charge in [-0.1, -0.05) is 6.07 Å². The van der Waals surface area contributed by atoms with E-state index in [0.29, 0.717) is 11.5 Å². The molecule has 0 aliphatic rings. The highest BCUT2D eigenvalue weighted by atomic mass is 16.5. The SMILES string of the molecule is COc1cccc(/C=N/NC(C)=O)c1OC. The molecule has 0 atom stereocenters. The second kappa shape index (κ2) is 5.75. The first-order chi connectivity index (χ1) is 7.69. The average Bonchev–Trinajstić information content (AvgIpc) is 2.28. The smallest absolute Gasteiger partial charge is 0.236 e. The van der Waals surface area contributed by atoms with Gasteiger partial charge in [0.2, 0.25) is 5.91 Å². The van der Waals surface area contributed by atoms with E-state index < -0.39 is 0 Å². The van der Waals surface area contributed by atoms with Gasteiger partial charge < -0.3 is 9.47 Å². The van der Waals surface area contributed by atoms with Crippen molar-refractivity contribution < 1.29 is 14.3 Å². The van der Waals surface area contributed by atoms with E-state index in [1.54, 1.807) is 20.3 Å². The van der Waals surface area contributed by atoms with Crippen molar-refractivity contribution in [3.8, 4) is 11.5 Å². The summed E-state index contributed by atoms with van der Waals surface area (Å²) < 4.78 is 10.3. The highest BCUT2D eigenvalue weighted by Gasteiger charge is 2.06. The number of nitrogens with one attached hydrogen (secondary N) is 1. The fraction of sp³-hybridized carbons (Fsp3) is 0.273. The number of amides is 1. The van der Waals surface area contributed by atoms with Crippen LogP contribution in [0, 0.1) is 0 Å². The van der Waals surface area contributed by atoms with E-state index in [1.165, 1.54) is 13.1 Å². The Labute approximate surface area is 94.1 Å². The molecule has 0 spiro atoms. The Balaban J connectivity index is 2.94. The number of para-hydroxylation sites is 1. The van der Waals surface area contributed by atoms with E-state index in [0.717, 1.165) is 5.56 Å². The van der Waals surface area contributed by atoms with Crippen LogP contribution in [-0.4, -0.2) is 26.3 Å². The molecule has 1 amide bonds. The third-order valence-electron chi connectivity index (χ3n) is 1.86. The van der Waals surface area contributed by atoms with E-state index >= 15 is 0 Å². The van der Waals surface area contributed by atoms with E-state index in [4.69, 9.17) is 9.47 Å². The molecule has 86 valence electrons. The molecule has 16 heavy (non-hydrogen) atoms. The quantitative estimate of drug-likeness (QED) is 0.614. The van der Waals surface area contributed by atoms with E-state index in [2.05, 4.69) is 10.5 Å². The monoisotopic (exact) mass is 222 g/mol. The molecule has 5 nitrogen and oxygen atoms in total. The standard InChI is InChI=1S/C11H14N2O3/c1-8(14)13-12-7-9-5-4-6-10(15-2)11(9)16-3/h4-7H,1-3H3,(H,13,14)/b12-7+. The van der Waals surface area contributed by atoms with Crippen molar-refractivity contribution in [2.45, 2.75) is 6.92 Å². The number of carbonyl (C=O) groups excluding carboxylic acids is 1. The summed E-state index contributed by atoms with van der Waals surface area (Å²) in [5.74, 6) is 0.978. The lowest BCUT2D eigenvalue weighted by Crippen LogP contribution is -2.12. The summed E-state index contributed by atoms with van der Waals surface area (Å²) >= 11 is 0. The van der Waals surface area contributed by atoms with Crippen LogP contribution in [0.15, 0.2) is 23.3 Å². The van der Waals surface area contributed by atoms with Crippen molar-refractivity contribution in [3.63, 3.8) is 0 Å². The van der Waals surface area contributed by atoms with Gasteiger partial charge in [0, 0.05) is 12.5 Å². The van der Waals surface area contributed by atoms with Crippen LogP contribution in [0.3, 0.4) is 0 Å². The van der Waals surface area contributed by atoms with Gasteiger partial charge in [-0.05, 0) is 12.1 Å². The number of carbonyl (C=O) groups is 1. The van der Waals surface area contributed by atoms with Crippen molar-refractivity contribution in [1.82, 2.24) is 5.43 Å². The largest absolute Gasteiger partial charge is 0.493 e. The maximum absolute atomic E-state index is 10.6. The van der Waals surface area contributed by atoms with Crippen LogP contribution < -0.4 is 14.9 Å². The van der Waals surface area contributed by atoms with Crippen LogP contribution in [0.1, 0.15) is 12.5 Å². The third-order valence-corrected chi connectivity index (χ3v) is 1.86. The van der Waals surface area contributed by atoms with Gasteiger partial charge >= 0.3 is 0 Å². The number of benzene rings is 1. The molecule has 0 unspecified atom stereocenters. The number of hydrogen-bond donors (Lipinski definition) is 1. The van der Waals surface area contributed by atoms with Crippen LogP contribution in [0.2, 0.25) is 0 Å². The summed E-state index contributed by atoms with van der Waals surface area (Å²) in [5.41, 5.74) is 3.05. The molecule has 0 fully saturated rings. The van der Waals surface area contributed by atoms with Gasteiger partial charge in [-0.25, -0.2) is 5.43 Å². The lowest BCUT2D eigenvalue weighted by atomic mass is 10.2. The average molecular weight is 222 g/mol. The van der Waals surface area contributed by atoms with Crippen molar-refractivity contribution >= 4 is 12.1 Å². The lowest BCUT2D eigenvalue weighted by Gasteiger charge is -2.09. The Bertz CT molecular complexity index is 402. The summed E-state index contributed by atoms with van der Waals surface area (Å²) in [6, 6.07) is 5.41. The summed E-state index contributed by atoms with van der Waals surface area (Å²) in [5, 5.41) is 3.77. The molecule has 1 rings (SSSR count). The normalized spacial score (nSPS) is 10.2. The first kappa shape index (κ1) is 12.0. The number of methoxy groups -OCH3 is 2. The van der Waals surface area contributed by atoms with E-state index in [9.17, 15) is 4.79 Å². The lowest BCUT2D eigenvalue weighted by molar-refractivity contribution is -0.118.